The Morgan fingerprint density at radius 2 is 2.17 bits per heavy atom. The van der Waals surface area contributed by atoms with Gasteiger partial charge in [-0.25, -0.2) is 9.97 Å². The van der Waals surface area contributed by atoms with E-state index in [4.69, 9.17) is 0 Å². The summed E-state index contributed by atoms with van der Waals surface area (Å²) in [5.74, 6) is 0.531. The molecule has 6 nitrogen and oxygen atoms in total. The Morgan fingerprint density at radius 1 is 1.33 bits per heavy atom. The van der Waals surface area contributed by atoms with Crippen molar-refractivity contribution >= 4 is 29.0 Å². The SMILES string of the molecule is CN(C)CCNc1nccc(/C(C#N)=C2\Nc3ccccc3S2)n1. The third-order valence-electron chi connectivity index (χ3n) is 3.44. The van der Waals surface area contributed by atoms with Crippen LogP contribution in [0.25, 0.3) is 5.57 Å². The number of anilines is 2. The highest BCUT2D eigenvalue weighted by molar-refractivity contribution is 8.04. The molecule has 0 saturated carbocycles. The molecule has 2 aromatic rings. The topological polar surface area (TPSA) is 76.9 Å². The first-order chi connectivity index (χ1) is 11.7. The van der Waals surface area contributed by atoms with Crippen molar-refractivity contribution in [2.24, 2.45) is 0 Å². The molecule has 0 unspecified atom stereocenters. The fourth-order valence-electron chi connectivity index (χ4n) is 2.23. The molecule has 0 amide bonds. The van der Waals surface area contributed by atoms with Crippen molar-refractivity contribution in [3.05, 3.63) is 47.3 Å². The molecule has 24 heavy (non-hydrogen) atoms. The van der Waals surface area contributed by atoms with E-state index in [0.717, 1.165) is 28.7 Å². The van der Waals surface area contributed by atoms with Gasteiger partial charge in [0.05, 0.1) is 16.4 Å². The average Bonchev–Trinajstić information content (AvgIpc) is 2.99. The van der Waals surface area contributed by atoms with Crippen molar-refractivity contribution in [1.29, 1.82) is 5.26 Å². The zero-order chi connectivity index (χ0) is 16.9. The van der Waals surface area contributed by atoms with Crippen LogP contribution >= 0.6 is 11.8 Å². The second-order valence-corrected chi connectivity index (χ2v) is 6.59. The summed E-state index contributed by atoms with van der Waals surface area (Å²) in [6.45, 7) is 1.62. The average molecular weight is 338 g/mol. The second-order valence-electron chi connectivity index (χ2n) is 5.53. The maximum atomic E-state index is 9.61. The van der Waals surface area contributed by atoms with Crippen LogP contribution in [0.3, 0.4) is 0 Å². The fourth-order valence-corrected chi connectivity index (χ4v) is 3.24. The number of fused-ring (bicyclic) bond motifs is 1. The predicted octanol–water partition coefficient (Wildman–Crippen LogP) is 2.86. The third kappa shape index (κ3) is 3.67. The summed E-state index contributed by atoms with van der Waals surface area (Å²) in [5.41, 5.74) is 2.15. The molecule has 0 fully saturated rings. The third-order valence-corrected chi connectivity index (χ3v) is 4.53. The van der Waals surface area contributed by atoms with E-state index in [1.165, 1.54) is 0 Å². The van der Waals surface area contributed by atoms with Gasteiger partial charge in [-0.1, -0.05) is 23.9 Å². The van der Waals surface area contributed by atoms with E-state index in [1.807, 2.05) is 38.4 Å². The van der Waals surface area contributed by atoms with E-state index in [1.54, 1.807) is 24.0 Å². The molecule has 0 aliphatic carbocycles. The number of nitrogens with zero attached hydrogens (tertiary/aromatic N) is 4. The molecule has 1 aromatic heterocycles. The first-order valence-corrected chi connectivity index (χ1v) is 8.39. The van der Waals surface area contributed by atoms with Gasteiger partial charge in [0.15, 0.2) is 0 Å². The smallest absolute Gasteiger partial charge is 0.223 e. The molecule has 0 atom stereocenters. The van der Waals surface area contributed by atoms with Gasteiger partial charge in [-0.05, 0) is 32.3 Å². The Bertz CT molecular complexity index is 782. The number of likely N-dealkylation sites (N-methyl/N-ethyl adjacent to an activating group) is 1. The summed E-state index contributed by atoms with van der Waals surface area (Å²) >= 11 is 1.55. The molecule has 0 bridgehead atoms. The summed E-state index contributed by atoms with van der Waals surface area (Å²) in [4.78, 5) is 11.9. The number of aromatic nitrogens is 2. The number of hydrogen-bond donors (Lipinski definition) is 2. The predicted molar refractivity (Wildman–Crippen MR) is 97.5 cm³/mol. The number of nitrogens with one attached hydrogen (secondary N) is 2. The summed E-state index contributed by atoms with van der Waals surface area (Å²) in [6, 6.07) is 12.0. The fraction of sp³-hybridized carbons (Fsp3) is 0.235. The number of rotatable bonds is 5. The molecule has 7 heteroatoms. The van der Waals surface area contributed by atoms with E-state index in [9.17, 15) is 5.26 Å². The van der Waals surface area contributed by atoms with E-state index >= 15 is 0 Å². The lowest BCUT2D eigenvalue weighted by Gasteiger charge is -2.11. The van der Waals surface area contributed by atoms with Crippen molar-refractivity contribution in [2.75, 3.05) is 37.8 Å². The monoisotopic (exact) mass is 338 g/mol. The quantitative estimate of drug-likeness (QED) is 0.812. The molecule has 1 aliphatic heterocycles. The Morgan fingerprint density at radius 3 is 2.92 bits per heavy atom. The largest absolute Gasteiger partial charge is 0.353 e. The minimum absolute atomic E-state index is 0.522. The number of nitriles is 1. The normalized spacial score (nSPS) is 14.8. The van der Waals surface area contributed by atoms with Crippen LogP contribution in [0.2, 0.25) is 0 Å². The highest BCUT2D eigenvalue weighted by atomic mass is 32.2. The summed E-state index contributed by atoms with van der Waals surface area (Å²) in [6.07, 6.45) is 1.67. The van der Waals surface area contributed by atoms with Gasteiger partial charge >= 0.3 is 0 Å². The standard InChI is InChI=1S/C17H18N6S/c1-23(2)10-9-20-17-19-8-7-13(22-17)12(11-18)16-21-14-5-3-4-6-15(14)24-16/h3-8,21H,9-10H2,1-2H3,(H,19,20,22)/b16-12+. The molecule has 1 aromatic carbocycles. The van der Waals surface area contributed by atoms with Crippen molar-refractivity contribution in [2.45, 2.75) is 4.90 Å². The zero-order valence-electron chi connectivity index (χ0n) is 13.6. The summed E-state index contributed by atoms with van der Waals surface area (Å²) in [7, 11) is 4.02. The Balaban J connectivity index is 1.82. The van der Waals surface area contributed by atoms with Crippen molar-refractivity contribution < 1.29 is 0 Å². The van der Waals surface area contributed by atoms with E-state index < -0.39 is 0 Å². The summed E-state index contributed by atoms with van der Waals surface area (Å²) in [5, 5.41) is 16.9. The molecule has 0 radical (unpaired) electrons. The van der Waals surface area contributed by atoms with Gasteiger partial charge in [-0.15, -0.1) is 0 Å². The molecular weight excluding hydrogens is 320 g/mol. The van der Waals surface area contributed by atoms with Crippen LogP contribution in [-0.2, 0) is 0 Å². The highest BCUT2D eigenvalue weighted by Crippen LogP contribution is 2.43. The van der Waals surface area contributed by atoms with Gasteiger partial charge in [0, 0.05) is 24.2 Å². The lowest BCUT2D eigenvalue weighted by atomic mass is 10.2. The van der Waals surface area contributed by atoms with Crippen LogP contribution in [0.1, 0.15) is 5.69 Å². The number of thioether (sulfide) groups is 1. The van der Waals surface area contributed by atoms with Crippen LogP contribution in [0, 0.1) is 11.3 Å². The van der Waals surface area contributed by atoms with Crippen LogP contribution in [0.4, 0.5) is 11.6 Å². The van der Waals surface area contributed by atoms with E-state index in [2.05, 4.69) is 31.6 Å². The van der Waals surface area contributed by atoms with Gasteiger partial charge in [0.1, 0.15) is 11.6 Å². The minimum Gasteiger partial charge on any atom is -0.353 e. The molecular formula is C17H18N6S. The van der Waals surface area contributed by atoms with Crippen LogP contribution in [-0.4, -0.2) is 42.1 Å². The highest BCUT2D eigenvalue weighted by Gasteiger charge is 2.20. The lowest BCUT2D eigenvalue weighted by Crippen LogP contribution is -2.21. The van der Waals surface area contributed by atoms with Crippen LogP contribution in [0.5, 0.6) is 0 Å². The number of para-hydroxylation sites is 1. The maximum Gasteiger partial charge on any atom is 0.223 e. The van der Waals surface area contributed by atoms with Crippen molar-refractivity contribution in [3.8, 4) is 6.07 Å². The maximum absolute atomic E-state index is 9.61. The number of allylic oxidation sites excluding steroid dienone is 1. The molecule has 2 N–H and O–H groups in total. The number of benzene rings is 1. The Kier molecular flexibility index (Phi) is 4.99. The molecule has 3 rings (SSSR count). The number of hydrogen-bond acceptors (Lipinski definition) is 7. The molecule has 0 saturated heterocycles. The van der Waals surface area contributed by atoms with Crippen molar-refractivity contribution in [1.82, 2.24) is 14.9 Å². The van der Waals surface area contributed by atoms with Gasteiger partial charge in [-0.3, -0.25) is 0 Å². The van der Waals surface area contributed by atoms with Crippen molar-refractivity contribution in [3.63, 3.8) is 0 Å². The zero-order valence-corrected chi connectivity index (χ0v) is 14.4. The first kappa shape index (κ1) is 16.3. The van der Waals surface area contributed by atoms with E-state index in [-0.39, 0.29) is 0 Å². The molecule has 2 heterocycles. The van der Waals surface area contributed by atoms with Gasteiger partial charge in [-0.2, -0.15) is 5.26 Å². The molecule has 1 aliphatic rings. The molecule has 122 valence electrons. The molecule has 0 spiro atoms. The first-order valence-electron chi connectivity index (χ1n) is 7.57. The second kappa shape index (κ2) is 7.34. The summed E-state index contributed by atoms with van der Waals surface area (Å²) < 4.78 is 0. The van der Waals surface area contributed by atoms with Crippen LogP contribution in [0.15, 0.2) is 46.5 Å². The lowest BCUT2D eigenvalue weighted by molar-refractivity contribution is 0.425. The van der Waals surface area contributed by atoms with Gasteiger partial charge < -0.3 is 15.5 Å². The van der Waals surface area contributed by atoms with Crippen LogP contribution < -0.4 is 10.6 Å². The Hall–Kier alpha value is -2.56. The Labute approximate surface area is 145 Å². The minimum atomic E-state index is 0.522. The van der Waals surface area contributed by atoms with E-state index in [0.29, 0.717) is 17.2 Å². The van der Waals surface area contributed by atoms with Gasteiger partial charge in [0.25, 0.3) is 0 Å². The van der Waals surface area contributed by atoms with Gasteiger partial charge in [0.2, 0.25) is 5.95 Å².